The Kier molecular flexibility index (Phi) is 10.7. The zero-order valence-electron chi connectivity index (χ0n) is 25.2. The van der Waals surface area contributed by atoms with Gasteiger partial charge in [-0.1, -0.05) is 133 Å². The molecule has 4 aromatic carbocycles. The highest BCUT2D eigenvalue weighted by atomic mass is 35.5. The maximum Gasteiger partial charge on any atom is 0.245 e. The quantitative estimate of drug-likeness (QED) is 0.145. The number of aromatic nitrogens is 2. The highest BCUT2D eigenvalue weighted by Gasteiger charge is 2.59. The molecule has 1 N–H and O–H groups in total. The molecule has 0 saturated carbocycles. The van der Waals surface area contributed by atoms with E-state index in [1.807, 2.05) is 121 Å². The van der Waals surface area contributed by atoms with E-state index in [-0.39, 0.29) is 43.2 Å². The van der Waals surface area contributed by atoms with Crippen molar-refractivity contribution in [2.75, 3.05) is 6.61 Å². The molecule has 1 unspecified atom stereocenters. The molecule has 8 nitrogen and oxygen atoms in total. The Hall–Kier alpha value is -4.15. The van der Waals surface area contributed by atoms with Crippen LogP contribution >= 0.6 is 11.6 Å². The van der Waals surface area contributed by atoms with Gasteiger partial charge in [-0.05, 0) is 22.3 Å². The zero-order valence-corrected chi connectivity index (χ0v) is 25.9. The maximum absolute atomic E-state index is 12.5. The first-order valence-corrected chi connectivity index (χ1v) is 15.5. The standard InChI is InChI=1S/C37H35ClN2O6/c38-32-21-39-34(36(40-32)45-25-30-19-11-4-12-20-30)37(41)35(44-24-29-17-9-3-10-18-29)33(43-23-28-15-7-2-8-16-28)31(46-37)26-42-22-27-13-5-1-6-14-27/h1-21,31,33,35,41H,22-26H2/t31-,33-,35-,37?/m1/s1. The Morgan fingerprint density at radius 1 is 0.674 bits per heavy atom. The number of aliphatic hydroxyl groups is 1. The molecular formula is C37H35ClN2O6. The summed E-state index contributed by atoms with van der Waals surface area (Å²) in [5, 5.41) is 12.6. The van der Waals surface area contributed by atoms with Crippen molar-refractivity contribution in [2.45, 2.75) is 50.5 Å². The Morgan fingerprint density at radius 2 is 1.17 bits per heavy atom. The molecule has 2 heterocycles. The number of nitrogens with zero attached hydrogens (tertiary/aromatic N) is 2. The van der Waals surface area contributed by atoms with Gasteiger partial charge in [-0.2, -0.15) is 4.98 Å². The van der Waals surface area contributed by atoms with Gasteiger partial charge in [0.2, 0.25) is 11.7 Å². The van der Waals surface area contributed by atoms with Crippen LogP contribution in [0.2, 0.25) is 5.15 Å². The zero-order chi connectivity index (χ0) is 31.6. The number of benzene rings is 4. The molecule has 0 spiro atoms. The molecule has 236 valence electrons. The molecule has 1 fully saturated rings. The minimum Gasteiger partial charge on any atom is -0.471 e. The van der Waals surface area contributed by atoms with E-state index in [9.17, 15) is 5.11 Å². The number of hydrogen-bond acceptors (Lipinski definition) is 8. The van der Waals surface area contributed by atoms with E-state index < -0.39 is 24.1 Å². The van der Waals surface area contributed by atoms with Crippen LogP contribution in [-0.2, 0) is 51.2 Å². The molecule has 0 radical (unpaired) electrons. The Balaban J connectivity index is 1.33. The summed E-state index contributed by atoms with van der Waals surface area (Å²) in [6.45, 7) is 1.08. The predicted molar refractivity (Wildman–Crippen MR) is 173 cm³/mol. The fourth-order valence-electron chi connectivity index (χ4n) is 5.32. The van der Waals surface area contributed by atoms with Crippen molar-refractivity contribution >= 4 is 11.6 Å². The third-order valence-corrected chi connectivity index (χ3v) is 7.78. The van der Waals surface area contributed by atoms with Gasteiger partial charge < -0.3 is 28.8 Å². The molecule has 0 aliphatic carbocycles. The van der Waals surface area contributed by atoms with Crippen molar-refractivity contribution in [1.82, 2.24) is 9.97 Å². The van der Waals surface area contributed by atoms with E-state index in [1.165, 1.54) is 6.20 Å². The van der Waals surface area contributed by atoms with Gasteiger partial charge >= 0.3 is 0 Å². The highest BCUT2D eigenvalue weighted by Crippen LogP contribution is 2.44. The first-order chi connectivity index (χ1) is 22.6. The van der Waals surface area contributed by atoms with Crippen LogP contribution in [0.15, 0.2) is 128 Å². The number of ether oxygens (including phenoxy) is 5. The van der Waals surface area contributed by atoms with Crippen LogP contribution in [0.3, 0.4) is 0 Å². The van der Waals surface area contributed by atoms with Gasteiger partial charge in [-0.25, -0.2) is 4.98 Å². The third kappa shape index (κ3) is 7.97. The van der Waals surface area contributed by atoms with Crippen LogP contribution in [-0.4, -0.2) is 40.0 Å². The number of halogens is 1. The summed E-state index contributed by atoms with van der Waals surface area (Å²) in [4.78, 5) is 8.88. The van der Waals surface area contributed by atoms with E-state index in [0.717, 1.165) is 22.3 Å². The Morgan fingerprint density at radius 3 is 1.74 bits per heavy atom. The van der Waals surface area contributed by atoms with E-state index in [1.54, 1.807) is 0 Å². The van der Waals surface area contributed by atoms with Crippen molar-refractivity contribution in [3.63, 3.8) is 0 Å². The lowest BCUT2D eigenvalue weighted by Crippen LogP contribution is -2.45. The summed E-state index contributed by atoms with van der Waals surface area (Å²) < 4.78 is 31.7. The molecule has 9 heteroatoms. The second-order valence-electron chi connectivity index (χ2n) is 11.0. The summed E-state index contributed by atoms with van der Waals surface area (Å²) in [6, 6.07) is 38.9. The summed E-state index contributed by atoms with van der Waals surface area (Å²) >= 11 is 6.28. The van der Waals surface area contributed by atoms with Crippen LogP contribution in [0.1, 0.15) is 27.9 Å². The minimum absolute atomic E-state index is 0.0276. The molecule has 4 atom stereocenters. The topological polar surface area (TPSA) is 92.2 Å². The monoisotopic (exact) mass is 638 g/mol. The summed E-state index contributed by atoms with van der Waals surface area (Å²) in [6.07, 6.45) is -1.20. The lowest BCUT2D eigenvalue weighted by Gasteiger charge is -2.30. The lowest BCUT2D eigenvalue weighted by molar-refractivity contribution is -0.256. The molecule has 0 bridgehead atoms. The average molecular weight is 639 g/mol. The van der Waals surface area contributed by atoms with Gasteiger partial charge in [-0.15, -0.1) is 0 Å². The molecular weight excluding hydrogens is 604 g/mol. The fraction of sp³-hybridized carbons (Fsp3) is 0.243. The van der Waals surface area contributed by atoms with Gasteiger partial charge in [0.15, 0.2) is 10.8 Å². The van der Waals surface area contributed by atoms with Crippen LogP contribution in [0, 0.1) is 0 Å². The summed E-state index contributed by atoms with van der Waals surface area (Å²) in [5.41, 5.74) is 3.82. The minimum atomic E-state index is -2.12. The van der Waals surface area contributed by atoms with E-state index in [0.29, 0.717) is 6.61 Å². The largest absolute Gasteiger partial charge is 0.471 e. The summed E-state index contributed by atoms with van der Waals surface area (Å²) in [7, 11) is 0. The average Bonchev–Trinajstić information content (AvgIpc) is 3.37. The van der Waals surface area contributed by atoms with Crippen LogP contribution in [0.4, 0.5) is 0 Å². The maximum atomic E-state index is 12.5. The van der Waals surface area contributed by atoms with Gasteiger partial charge in [0.1, 0.15) is 24.9 Å². The Labute approximate surface area is 273 Å². The molecule has 1 aliphatic rings. The van der Waals surface area contributed by atoms with E-state index in [2.05, 4.69) is 9.97 Å². The Bertz CT molecular complexity index is 1650. The van der Waals surface area contributed by atoms with Crippen molar-refractivity contribution in [3.8, 4) is 5.88 Å². The normalized spacial score (nSPS) is 20.9. The van der Waals surface area contributed by atoms with Crippen molar-refractivity contribution in [2.24, 2.45) is 0 Å². The van der Waals surface area contributed by atoms with E-state index >= 15 is 0 Å². The van der Waals surface area contributed by atoms with Crippen LogP contribution < -0.4 is 4.74 Å². The van der Waals surface area contributed by atoms with Crippen molar-refractivity contribution in [1.29, 1.82) is 0 Å². The second kappa shape index (κ2) is 15.4. The van der Waals surface area contributed by atoms with Gasteiger partial charge in [-0.3, -0.25) is 0 Å². The first kappa shape index (κ1) is 31.8. The van der Waals surface area contributed by atoms with Crippen LogP contribution in [0.25, 0.3) is 0 Å². The summed E-state index contributed by atoms with van der Waals surface area (Å²) in [5.74, 6) is -2.10. The first-order valence-electron chi connectivity index (χ1n) is 15.1. The SMILES string of the molecule is OC1(c2ncc(Cl)nc2OCc2ccccc2)O[C@H](COCc2ccccc2)[C@@H](OCc2ccccc2)[C@H]1OCc1ccccc1. The molecule has 6 rings (SSSR count). The van der Waals surface area contributed by atoms with Gasteiger partial charge in [0.25, 0.3) is 0 Å². The lowest BCUT2D eigenvalue weighted by atomic mass is 10.0. The van der Waals surface area contributed by atoms with Gasteiger partial charge in [0, 0.05) is 0 Å². The molecule has 46 heavy (non-hydrogen) atoms. The van der Waals surface area contributed by atoms with E-state index in [4.69, 9.17) is 35.3 Å². The molecule has 5 aromatic rings. The molecule has 1 saturated heterocycles. The second-order valence-corrected chi connectivity index (χ2v) is 11.3. The molecule has 1 aromatic heterocycles. The number of rotatable bonds is 14. The number of hydrogen-bond donors (Lipinski definition) is 1. The highest BCUT2D eigenvalue weighted by molar-refractivity contribution is 6.29. The van der Waals surface area contributed by atoms with Gasteiger partial charge in [0.05, 0.1) is 32.6 Å². The van der Waals surface area contributed by atoms with Crippen LogP contribution in [0.5, 0.6) is 5.88 Å². The van der Waals surface area contributed by atoms with Crippen molar-refractivity contribution < 1.29 is 28.8 Å². The third-order valence-electron chi connectivity index (χ3n) is 7.60. The smallest absolute Gasteiger partial charge is 0.245 e. The fourth-order valence-corrected chi connectivity index (χ4v) is 5.45. The predicted octanol–water partition coefficient (Wildman–Crippen LogP) is 6.64. The molecule has 1 aliphatic heterocycles. The molecule has 0 amide bonds. The van der Waals surface area contributed by atoms with Crippen molar-refractivity contribution in [3.05, 3.63) is 161 Å².